The molecule has 1 rings (SSSR count). The molecule has 0 radical (unpaired) electrons. The van der Waals surface area contributed by atoms with Gasteiger partial charge in [0.2, 0.25) is 0 Å². The number of nitrogens with zero attached hydrogens (tertiary/aromatic N) is 2. The van der Waals surface area contributed by atoms with Gasteiger partial charge >= 0.3 is 0 Å². The smallest absolute Gasteiger partial charge is 0.205 e. The number of unbranched alkanes of at least 4 members (excludes halogenated alkanes) is 2. The molecule has 1 aromatic heterocycles. The van der Waals surface area contributed by atoms with Crippen LogP contribution in [0.25, 0.3) is 0 Å². The van der Waals surface area contributed by atoms with Crippen LogP contribution in [0.1, 0.15) is 26.2 Å². The first-order valence-corrected chi connectivity index (χ1v) is 6.00. The largest absolute Gasteiger partial charge is 0.253 e. The van der Waals surface area contributed by atoms with Crippen LogP contribution < -0.4 is 0 Å². The van der Waals surface area contributed by atoms with Gasteiger partial charge in [-0.05, 0) is 12.5 Å². The Morgan fingerprint density at radius 2 is 2.15 bits per heavy atom. The lowest BCUT2D eigenvalue weighted by atomic mass is 10.3. The topological polar surface area (TPSA) is 52.0 Å². The van der Waals surface area contributed by atoms with Crippen LogP contribution in [-0.4, -0.2) is 23.4 Å². The SMILES string of the molecule is CCCCCS(=O)(=O)n1cccn1. The number of hydrogen-bond donors (Lipinski definition) is 0. The van der Waals surface area contributed by atoms with Crippen LogP contribution in [0.15, 0.2) is 18.5 Å². The molecule has 5 heteroatoms. The van der Waals surface area contributed by atoms with E-state index >= 15 is 0 Å². The number of hydrogen-bond acceptors (Lipinski definition) is 3. The van der Waals surface area contributed by atoms with Gasteiger partial charge in [0.05, 0.1) is 11.9 Å². The van der Waals surface area contributed by atoms with E-state index in [1.165, 1.54) is 12.4 Å². The van der Waals surface area contributed by atoms with Crippen LogP contribution in [-0.2, 0) is 10.0 Å². The third-order valence-electron chi connectivity index (χ3n) is 1.77. The molecular formula is C8H14N2O2S. The maximum absolute atomic E-state index is 11.5. The summed E-state index contributed by atoms with van der Waals surface area (Å²) in [4.78, 5) is 0. The molecule has 0 fully saturated rings. The summed E-state index contributed by atoms with van der Waals surface area (Å²) in [5.74, 6) is 0.183. The van der Waals surface area contributed by atoms with Crippen molar-refractivity contribution in [1.29, 1.82) is 0 Å². The fraction of sp³-hybridized carbons (Fsp3) is 0.625. The Balaban J connectivity index is 2.58. The zero-order chi connectivity index (χ0) is 9.73. The summed E-state index contributed by atoms with van der Waals surface area (Å²) in [6.45, 7) is 2.04. The highest BCUT2D eigenvalue weighted by Gasteiger charge is 2.11. The summed E-state index contributed by atoms with van der Waals surface area (Å²) in [6.07, 6.45) is 5.60. The molecule has 4 nitrogen and oxygen atoms in total. The second kappa shape index (κ2) is 4.41. The molecule has 74 valence electrons. The Morgan fingerprint density at radius 1 is 1.38 bits per heavy atom. The molecule has 0 atom stereocenters. The van der Waals surface area contributed by atoms with Gasteiger partial charge in [0, 0.05) is 6.20 Å². The minimum Gasteiger partial charge on any atom is -0.205 e. The van der Waals surface area contributed by atoms with Crippen LogP contribution >= 0.6 is 0 Å². The summed E-state index contributed by atoms with van der Waals surface area (Å²) in [5, 5.41) is 3.70. The van der Waals surface area contributed by atoms with Gasteiger partial charge in [-0.2, -0.15) is 9.19 Å². The molecule has 0 unspecified atom stereocenters. The van der Waals surface area contributed by atoms with Crippen LogP contribution in [0, 0.1) is 0 Å². The molecule has 0 amide bonds. The van der Waals surface area contributed by atoms with Gasteiger partial charge in [-0.25, -0.2) is 8.42 Å². The molecule has 0 bridgehead atoms. The van der Waals surface area contributed by atoms with E-state index in [4.69, 9.17) is 0 Å². The number of aromatic nitrogens is 2. The van der Waals surface area contributed by atoms with E-state index in [9.17, 15) is 8.42 Å². The minimum absolute atomic E-state index is 0.183. The molecule has 13 heavy (non-hydrogen) atoms. The van der Waals surface area contributed by atoms with E-state index in [1.54, 1.807) is 6.07 Å². The fourth-order valence-electron chi connectivity index (χ4n) is 1.05. The summed E-state index contributed by atoms with van der Waals surface area (Å²) in [7, 11) is -3.18. The van der Waals surface area contributed by atoms with Crippen molar-refractivity contribution >= 4 is 10.0 Å². The highest BCUT2D eigenvalue weighted by Crippen LogP contribution is 2.01. The van der Waals surface area contributed by atoms with E-state index < -0.39 is 10.0 Å². The van der Waals surface area contributed by atoms with Gasteiger partial charge in [-0.1, -0.05) is 19.8 Å². The lowest BCUT2D eigenvalue weighted by molar-refractivity contribution is 0.575. The fourth-order valence-corrected chi connectivity index (χ4v) is 2.26. The maximum atomic E-state index is 11.5. The molecule has 1 aromatic rings. The molecule has 0 aliphatic heterocycles. The second-order valence-corrected chi connectivity index (χ2v) is 4.85. The van der Waals surface area contributed by atoms with Crippen molar-refractivity contribution in [2.24, 2.45) is 0 Å². The molecular weight excluding hydrogens is 188 g/mol. The van der Waals surface area contributed by atoms with Gasteiger partial charge in [0.1, 0.15) is 0 Å². The molecule has 1 heterocycles. The third-order valence-corrected chi connectivity index (χ3v) is 3.36. The van der Waals surface area contributed by atoms with Gasteiger partial charge in [0.15, 0.2) is 0 Å². The zero-order valence-corrected chi connectivity index (χ0v) is 8.50. The van der Waals surface area contributed by atoms with Crippen LogP contribution in [0.2, 0.25) is 0 Å². The minimum atomic E-state index is -3.18. The van der Waals surface area contributed by atoms with Gasteiger partial charge in [0.25, 0.3) is 10.0 Å². The Morgan fingerprint density at radius 3 is 2.69 bits per heavy atom. The van der Waals surface area contributed by atoms with Crippen molar-refractivity contribution in [2.75, 3.05) is 5.75 Å². The van der Waals surface area contributed by atoms with Crippen LogP contribution in [0.3, 0.4) is 0 Å². The first-order valence-electron chi connectivity index (χ1n) is 4.39. The summed E-state index contributed by atoms with van der Waals surface area (Å²) in [6, 6.07) is 1.61. The standard InChI is InChI=1S/C8H14N2O2S/c1-2-3-4-8-13(11,12)10-7-5-6-9-10/h5-7H,2-4,8H2,1H3. The highest BCUT2D eigenvalue weighted by atomic mass is 32.2. The van der Waals surface area contributed by atoms with Crippen LogP contribution in [0.4, 0.5) is 0 Å². The van der Waals surface area contributed by atoms with E-state index in [0.29, 0.717) is 6.42 Å². The molecule has 0 N–H and O–H groups in total. The van der Waals surface area contributed by atoms with Crippen LogP contribution in [0.5, 0.6) is 0 Å². The number of rotatable bonds is 5. The third kappa shape index (κ3) is 2.84. The molecule has 0 aromatic carbocycles. The first-order chi connectivity index (χ1) is 6.17. The summed E-state index contributed by atoms with van der Waals surface area (Å²) < 4.78 is 24.0. The second-order valence-electron chi connectivity index (χ2n) is 2.90. The Bertz CT molecular complexity index is 329. The Hall–Kier alpha value is -0.840. The molecule has 0 saturated carbocycles. The predicted molar refractivity (Wildman–Crippen MR) is 50.9 cm³/mol. The van der Waals surface area contributed by atoms with Crippen molar-refractivity contribution < 1.29 is 8.42 Å². The lowest BCUT2D eigenvalue weighted by Crippen LogP contribution is -2.16. The molecule has 0 spiro atoms. The van der Waals surface area contributed by atoms with E-state index in [-0.39, 0.29) is 5.75 Å². The summed E-state index contributed by atoms with van der Waals surface area (Å²) >= 11 is 0. The van der Waals surface area contributed by atoms with Gasteiger partial charge in [-0.3, -0.25) is 0 Å². The average Bonchev–Trinajstić information content (AvgIpc) is 2.56. The van der Waals surface area contributed by atoms with Crippen molar-refractivity contribution in [3.05, 3.63) is 18.5 Å². The molecule has 0 aliphatic rings. The first kappa shape index (κ1) is 10.2. The summed E-state index contributed by atoms with van der Waals surface area (Å²) in [5.41, 5.74) is 0. The van der Waals surface area contributed by atoms with Crippen molar-refractivity contribution in [1.82, 2.24) is 9.19 Å². The van der Waals surface area contributed by atoms with Crippen molar-refractivity contribution in [3.8, 4) is 0 Å². The molecule has 0 saturated heterocycles. The lowest BCUT2D eigenvalue weighted by Gasteiger charge is -2.02. The van der Waals surface area contributed by atoms with Crippen molar-refractivity contribution in [2.45, 2.75) is 26.2 Å². The Kier molecular flexibility index (Phi) is 3.48. The van der Waals surface area contributed by atoms with E-state index in [2.05, 4.69) is 5.10 Å². The zero-order valence-electron chi connectivity index (χ0n) is 7.68. The monoisotopic (exact) mass is 202 g/mol. The highest BCUT2D eigenvalue weighted by molar-refractivity contribution is 7.89. The quantitative estimate of drug-likeness (QED) is 0.675. The Labute approximate surface area is 78.6 Å². The normalized spacial score (nSPS) is 11.8. The van der Waals surface area contributed by atoms with Gasteiger partial charge < -0.3 is 0 Å². The maximum Gasteiger partial charge on any atom is 0.253 e. The van der Waals surface area contributed by atoms with E-state index in [0.717, 1.165) is 16.9 Å². The van der Waals surface area contributed by atoms with E-state index in [1.807, 2.05) is 6.92 Å². The average molecular weight is 202 g/mol. The van der Waals surface area contributed by atoms with Gasteiger partial charge in [-0.15, -0.1) is 0 Å². The predicted octanol–water partition coefficient (Wildman–Crippen LogP) is 1.25. The molecule has 0 aliphatic carbocycles. The van der Waals surface area contributed by atoms with Crippen molar-refractivity contribution in [3.63, 3.8) is 0 Å².